The van der Waals surface area contributed by atoms with Gasteiger partial charge in [0.15, 0.2) is 5.82 Å². The van der Waals surface area contributed by atoms with E-state index >= 15 is 0 Å². The zero-order valence-corrected chi connectivity index (χ0v) is 9.46. The summed E-state index contributed by atoms with van der Waals surface area (Å²) in [4.78, 5) is 22.7. The Labute approximate surface area is 97.8 Å². The summed E-state index contributed by atoms with van der Waals surface area (Å²) in [6.07, 6.45) is 1.53. The first kappa shape index (κ1) is 12.8. The molecule has 0 saturated heterocycles. The van der Waals surface area contributed by atoms with Gasteiger partial charge in [-0.25, -0.2) is 4.68 Å². The quantitative estimate of drug-likeness (QED) is 0.577. The lowest BCUT2D eigenvalue weighted by molar-refractivity contribution is -0.135. The van der Waals surface area contributed by atoms with Gasteiger partial charge in [-0.1, -0.05) is 0 Å². The predicted molar refractivity (Wildman–Crippen MR) is 61.4 cm³/mol. The SMILES string of the molecule is CN(CC(=O)O)c1c(N)cnn1CCC(N)=O. The van der Waals surface area contributed by atoms with Gasteiger partial charge in [0.1, 0.15) is 6.54 Å². The number of hydrogen-bond donors (Lipinski definition) is 3. The molecule has 0 atom stereocenters. The van der Waals surface area contributed by atoms with Gasteiger partial charge in [-0.15, -0.1) is 0 Å². The van der Waals surface area contributed by atoms with Crippen LogP contribution in [0.2, 0.25) is 0 Å². The highest BCUT2D eigenvalue weighted by atomic mass is 16.4. The third kappa shape index (κ3) is 3.37. The van der Waals surface area contributed by atoms with Crippen molar-refractivity contribution in [3.8, 4) is 0 Å². The molecule has 0 saturated carbocycles. The van der Waals surface area contributed by atoms with E-state index in [9.17, 15) is 9.59 Å². The first-order valence-electron chi connectivity index (χ1n) is 4.94. The number of nitrogens with zero attached hydrogens (tertiary/aromatic N) is 3. The lowest BCUT2D eigenvalue weighted by atomic mass is 10.4. The van der Waals surface area contributed by atoms with Crippen LogP contribution in [0.15, 0.2) is 6.20 Å². The van der Waals surface area contributed by atoms with Crippen molar-refractivity contribution in [3.63, 3.8) is 0 Å². The van der Waals surface area contributed by atoms with Gasteiger partial charge < -0.3 is 21.5 Å². The predicted octanol–water partition coefficient (Wildman–Crippen LogP) is -1.14. The average molecular weight is 241 g/mol. The van der Waals surface area contributed by atoms with E-state index in [4.69, 9.17) is 16.6 Å². The number of carbonyl (C=O) groups excluding carboxylic acids is 1. The van der Waals surface area contributed by atoms with Crippen molar-refractivity contribution in [2.24, 2.45) is 5.73 Å². The van der Waals surface area contributed by atoms with Crippen LogP contribution >= 0.6 is 0 Å². The van der Waals surface area contributed by atoms with Crippen molar-refractivity contribution < 1.29 is 14.7 Å². The van der Waals surface area contributed by atoms with Gasteiger partial charge in [-0.3, -0.25) is 9.59 Å². The van der Waals surface area contributed by atoms with Crippen LogP contribution in [0, 0.1) is 0 Å². The number of nitrogens with two attached hydrogens (primary N) is 2. The van der Waals surface area contributed by atoms with Crippen LogP contribution in [-0.2, 0) is 16.1 Å². The molecule has 0 aliphatic carbocycles. The van der Waals surface area contributed by atoms with Crippen molar-refractivity contribution in [1.82, 2.24) is 9.78 Å². The molecule has 1 amide bonds. The fraction of sp³-hybridized carbons (Fsp3) is 0.444. The molecule has 8 heteroatoms. The number of aryl methyl sites for hydroxylation is 1. The van der Waals surface area contributed by atoms with Gasteiger partial charge in [-0.05, 0) is 0 Å². The number of carbonyl (C=O) groups is 2. The summed E-state index contributed by atoms with van der Waals surface area (Å²) in [5.74, 6) is -0.964. The summed E-state index contributed by atoms with van der Waals surface area (Å²) < 4.78 is 1.46. The Hall–Kier alpha value is -2.25. The van der Waals surface area contributed by atoms with Gasteiger partial charge in [-0.2, -0.15) is 5.10 Å². The normalized spacial score (nSPS) is 10.2. The number of hydrogen-bond acceptors (Lipinski definition) is 5. The molecule has 5 N–H and O–H groups in total. The fourth-order valence-electron chi connectivity index (χ4n) is 1.47. The maximum absolute atomic E-state index is 10.7. The minimum absolute atomic E-state index is 0.120. The summed E-state index contributed by atoms with van der Waals surface area (Å²) >= 11 is 0. The third-order valence-electron chi connectivity index (χ3n) is 2.14. The van der Waals surface area contributed by atoms with Crippen LogP contribution in [0.3, 0.4) is 0 Å². The minimum atomic E-state index is -0.977. The Morgan fingerprint density at radius 1 is 1.59 bits per heavy atom. The summed E-state index contributed by atoms with van der Waals surface area (Å²) in [5.41, 5.74) is 11.1. The van der Waals surface area contributed by atoms with Crippen molar-refractivity contribution in [1.29, 1.82) is 0 Å². The van der Waals surface area contributed by atoms with Gasteiger partial charge >= 0.3 is 5.97 Å². The number of primary amides is 1. The van der Waals surface area contributed by atoms with Gasteiger partial charge in [0.2, 0.25) is 5.91 Å². The summed E-state index contributed by atoms with van der Waals surface area (Å²) in [5, 5.41) is 12.7. The molecule has 0 bridgehead atoms. The molecule has 0 aromatic carbocycles. The highest BCUT2D eigenvalue weighted by Crippen LogP contribution is 2.21. The number of rotatable bonds is 6. The molecule has 1 aromatic rings. The third-order valence-corrected chi connectivity index (χ3v) is 2.14. The molecule has 1 rings (SSSR count). The largest absolute Gasteiger partial charge is 0.480 e. The summed E-state index contributed by atoms with van der Waals surface area (Å²) in [7, 11) is 1.59. The number of nitrogen functional groups attached to an aromatic ring is 1. The van der Waals surface area contributed by atoms with E-state index in [2.05, 4.69) is 5.10 Å². The Bertz CT molecular complexity index is 428. The number of anilines is 2. The molecule has 8 nitrogen and oxygen atoms in total. The second kappa shape index (κ2) is 5.19. The van der Waals surface area contributed by atoms with Crippen molar-refractivity contribution in [3.05, 3.63) is 6.20 Å². The maximum Gasteiger partial charge on any atom is 0.323 e. The summed E-state index contributed by atoms with van der Waals surface area (Å²) in [6, 6.07) is 0. The molecule has 0 spiro atoms. The minimum Gasteiger partial charge on any atom is -0.480 e. The van der Waals surface area contributed by atoms with Crippen LogP contribution in [0.25, 0.3) is 0 Å². The number of aliphatic carboxylic acids is 1. The number of carboxylic acids is 1. The zero-order valence-electron chi connectivity index (χ0n) is 9.46. The second-order valence-corrected chi connectivity index (χ2v) is 3.61. The van der Waals surface area contributed by atoms with Gasteiger partial charge in [0.25, 0.3) is 0 Å². The molecule has 94 valence electrons. The van der Waals surface area contributed by atoms with E-state index in [0.29, 0.717) is 11.5 Å². The molecule has 0 aliphatic heterocycles. The van der Waals surface area contributed by atoms with Crippen molar-refractivity contribution >= 4 is 23.4 Å². The molecule has 17 heavy (non-hydrogen) atoms. The average Bonchev–Trinajstić information content (AvgIpc) is 2.55. The van der Waals surface area contributed by atoms with Gasteiger partial charge in [0, 0.05) is 13.5 Å². The maximum atomic E-state index is 10.7. The smallest absolute Gasteiger partial charge is 0.323 e. The lowest BCUT2D eigenvalue weighted by Crippen LogP contribution is -2.28. The van der Waals surface area contributed by atoms with Crippen molar-refractivity contribution in [2.75, 3.05) is 24.2 Å². The van der Waals surface area contributed by atoms with E-state index in [1.165, 1.54) is 15.8 Å². The van der Waals surface area contributed by atoms with E-state index in [0.717, 1.165) is 0 Å². The van der Waals surface area contributed by atoms with Crippen molar-refractivity contribution in [2.45, 2.75) is 13.0 Å². The molecule has 0 radical (unpaired) electrons. The van der Waals surface area contributed by atoms with E-state index in [-0.39, 0.29) is 19.5 Å². The number of carboxylic acid groups (broad SMARTS) is 1. The second-order valence-electron chi connectivity index (χ2n) is 3.61. The molecular weight excluding hydrogens is 226 g/mol. The van der Waals surface area contributed by atoms with Gasteiger partial charge in [0.05, 0.1) is 18.4 Å². The van der Waals surface area contributed by atoms with Crippen LogP contribution in [-0.4, -0.2) is 40.4 Å². The Morgan fingerprint density at radius 3 is 2.76 bits per heavy atom. The number of amides is 1. The highest BCUT2D eigenvalue weighted by molar-refractivity contribution is 5.76. The first-order valence-corrected chi connectivity index (χ1v) is 4.94. The van der Waals surface area contributed by atoms with Crippen LogP contribution in [0.4, 0.5) is 11.5 Å². The highest BCUT2D eigenvalue weighted by Gasteiger charge is 2.15. The monoisotopic (exact) mass is 241 g/mol. The molecule has 0 aliphatic rings. The fourth-order valence-corrected chi connectivity index (χ4v) is 1.47. The standard InChI is InChI=1S/C9H15N5O3/c1-13(5-8(16)17)9-6(10)4-12-14(9)3-2-7(11)15/h4H,2-3,5,10H2,1H3,(H2,11,15)(H,16,17). The zero-order chi connectivity index (χ0) is 13.0. The van der Waals surface area contributed by atoms with Crippen LogP contribution < -0.4 is 16.4 Å². The topological polar surface area (TPSA) is 127 Å². The summed E-state index contributed by atoms with van der Waals surface area (Å²) in [6.45, 7) is 0.0677. The van der Waals surface area contributed by atoms with E-state index in [1.807, 2.05) is 0 Å². The lowest BCUT2D eigenvalue weighted by Gasteiger charge is -2.18. The Kier molecular flexibility index (Phi) is 3.91. The van der Waals surface area contributed by atoms with E-state index in [1.54, 1.807) is 7.05 Å². The van der Waals surface area contributed by atoms with Crippen LogP contribution in [0.5, 0.6) is 0 Å². The molecule has 0 unspecified atom stereocenters. The molecular formula is C9H15N5O3. The first-order chi connectivity index (χ1) is 7.91. The van der Waals surface area contributed by atoms with E-state index < -0.39 is 11.9 Å². The number of aromatic nitrogens is 2. The molecule has 1 heterocycles. The molecule has 0 fully saturated rings. The Morgan fingerprint density at radius 2 is 2.24 bits per heavy atom. The number of likely N-dealkylation sites (N-methyl/N-ethyl adjacent to an activating group) is 1. The Balaban J connectivity index is 2.85. The van der Waals surface area contributed by atoms with Crippen LogP contribution in [0.1, 0.15) is 6.42 Å². The molecule has 1 aromatic heterocycles.